The van der Waals surface area contributed by atoms with Gasteiger partial charge in [-0.1, -0.05) is 32.2 Å². The number of allylic oxidation sites excluding steroid dienone is 4. The Labute approximate surface area is 57.6 Å². The lowest BCUT2D eigenvalue weighted by molar-refractivity contribution is 1.12. The van der Waals surface area contributed by atoms with Crippen LogP contribution in [-0.4, -0.2) is 0 Å². The van der Waals surface area contributed by atoms with Gasteiger partial charge in [-0.05, 0) is 24.5 Å². The molecule has 0 aliphatic carbocycles. The van der Waals surface area contributed by atoms with Crippen LogP contribution in [0.3, 0.4) is 0 Å². The molecule has 50 valence electrons. The van der Waals surface area contributed by atoms with E-state index in [1.54, 1.807) is 6.08 Å². The van der Waals surface area contributed by atoms with Crippen LogP contribution in [0.4, 0.5) is 0 Å². The summed E-state index contributed by atoms with van der Waals surface area (Å²) >= 11 is 0. The minimum Gasteiger partial charge on any atom is -0.0985 e. The van der Waals surface area contributed by atoms with Gasteiger partial charge >= 0.3 is 0 Å². The maximum absolute atomic E-state index is 3.83. The molecule has 0 fully saturated rings. The van der Waals surface area contributed by atoms with Crippen LogP contribution in [-0.2, 0) is 0 Å². The van der Waals surface area contributed by atoms with Gasteiger partial charge in [-0.25, -0.2) is 0 Å². The Morgan fingerprint density at radius 3 is 2.22 bits per heavy atom. The molecule has 0 saturated heterocycles. The highest BCUT2D eigenvalue weighted by Gasteiger charge is 1.91. The Bertz CT molecular complexity index is 138. The normalized spacial score (nSPS) is 11.1. The van der Waals surface area contributed by atoms with Crippen LogP contribution in [0.1, 0.15) is 20.3 Å². The molecule has 0 nitrogen and oxygen atoms in total. The van der Waals surface area contributed by atoms with Crippen molar-refractivity contribution in [3.8, 4) is 0 Å². The van der Waals surface area contributed by atoms with E-state index in [4.69, 9.17) is 0 Å². The summed E-state index contributed by atoms with van der Waals surface area (Å²) in [6.45, 7) is 11.6. The lowest BCUT2D eigenvalue weighted by atomic mass is 10.1. The smallest absolute Gasteiger partial charge is 0.0305 e. The summed E-state index contributed by atoms with van der Waals surface area (Å²) in [6.07, 6.45) is 4.91. The molecule has 0 saturated carbocycles. The molecule has 0 aliphatic rings. The third kappa shape index (κ3) is 2.31. The molecule has 0 aromatic heterocycles. The van der Waals surface area contributed by atoms with Gasteiger partial charge < -0.3 is 0 Å². The van der Waals surface area contributed by atoms with Crippen molar-refractivity contribution >= 4 is 0 Å². The molecule has 0 rings (SSSR count). The van der Waals surface area contributed by atoms with Gasteiger partial charge in [0.1, 0.15) is 0 Å². The van der Waals surface area contributed by atoms with E-state index in [-0.39, 0.29) is 0 Å². The quantitative estimate of drug-likeness (QED) is 0.504. The third-order valence-corrected chi connectivity index (χ3v) is 1.39. The molecule has 0 heteroatoms. The van der Waals surface area contributed by atoms with Gasteiger partial charge in [0.25, 0.3) is 0 Å². The standard InChI is InChI=1S/C9H14/c1-5-8(4)9(6-2)7-3/h5-6H,1,4,7H2,2-3H3/b9-6-. The van der Waals surface area contributed by atoms with Crippen LogP contribution < -0.4 is 0 Å². The van der Waals surface area contributed by atoms with E-state index in [1.165, 1.54) is 5.57 Å². The monoisotopic (exact) mass is 122 g/mol. The molecular weight excluding hydrogens is 108 g/mol. The number of hydrogen-bond acceptors (Lipinski definition) is 0. The van der Waals surface area contributed by atoms with E-state index in [0.717, 1.165) is 12.0 Å². The van der Waals surface area contributed by atoms with Crippen molar-refractivity contribution in [1.29, 1.82) is 0 Å². The summed E-state index contributed by atoms with van der Waals surface area (Å²) in [6, 6.07) is 0. The zero-order valence-electron chi connectivity index (χ0n) is 6.28. The van der Waals surface area contributed by atoms with E-state index in [1.807, 2.05) is 6.92 Å². The molecule has 0 spiro atoms. The highest BCUT2D eigenvalue weighted by Crippen LogP contribution is 2.11. The minimum atomic E-state index is 1.04. The van der Waals surface area contributed by atoms with E-state index in [0.29, 0.717) is 0 Å². The molecule has 0 N–H and O–H groups in total. The molecule has 0 aliphatic heterocycles. The van der Waals surface area contributed by atoms with Gasteiger partial charge in [0.15, 0.2) is 0 Å². The maximum Gasteiger partial charge on any atom is -0.0305 e. The highest BCUT2D eigenvalue weighted by atomic mass is 14.0. The fraction of sp³-hybridized carbons (Fsp3) is 0.333. The Hall–Kier alpha value is -0.780. The van der Waals surface area contributed by atoms with Gasteiger partial charge in [0, 0.05) is 0 Å². The molecule has 9 heavy (non-hydrogen) atoms. The number of rotatable bonds is 3. The molecule has 0 unspecified atom stereocenters. The summed E-state index contributed by atoms with van der Waals surface area (Å²) < 4.78 is 0. The first kappa shape index (κ1) is 8.22. The zero-order chi connectivity index (χ0) is 7.28. The van der Waals surface area contributed by atoms with Crippen molar-refractivity contribution in [2.24, 2.45) is 0 Å². The average molecular weight is 122 g/mol. The predicted molar refractivity (Wildman–Crippen MR) is 43.4 cm³/mol. The van der Waals surface area contributed by atoms with Crippen LogP contribution >= 0.6 is 0 Å². The summed E-state index contributed by atoms with van der Waals surface area (Å²) in [5.41, 5.74) is 2.32. The minimum absolute atomic E-state index is 1.04. The van der Waals surface area contributed by atoms with Gasteiger partial charge in [-0.15, -0.1) is 0 Å². The third-order valence-electron chi connectivity index (χ3n) is 1.39. The van der Waals surface area contributed by atoms with Crippen LogP contribution in [0.25, 0.3) is 0 Å². The average Bonchev–Trinajstić information content (AvgIpc) is 1.90. The van der Waals surface area contributed by atoms with Gasteiger partial charge in [-0.2, -0.15) is 0 Å². The summed E-state index contributed by atoms with van der Waals surface area (Å²) in [4.78, 5) is 0. The van der Waals surface area contributed by atoms with Crippen molar-refractivity contribution in [1.82, 2.24) is 0 Å². The van der Waals surface area contributed by atoms with Crippen molar-refractivity contribution in [3.63, 3.8) is 0 Å². The van der Waals surface area contributed by atoms with Crippen molar-refractivity contribution in [3.05, 3.63) is 36.5 Å². The topological polar surface area (TPSA) is 0 Å². The molecule has 0 aromatic carbocycles. The SMILES string of the molecule is C=CC(=C)/C(=C\C)CC. The fourth-order valence-corrected chi connectivity index (χ4v) is 0.748. The first-order valence-electron chi connectivity index (χ1n) is 3.23. The summed E-state index contributed by atoms with van der Waals surface area (Å²) in [5, 5.41) is 0. The largest absolute Gasteiger partial charge is 0.0985 e. The van der Waals surface area contributed by atoms with E-state index in [2.05, 4.69) is 26.2 Å². The number of hydrogen-bond donors (Lipinski definition) is 0. The molecular formula is C9H14. The van der Waals surface area contributed by atoms with Gasteiger partial charge in [-0.3, -0.25) is 0 Å². The first-order chi connectivity index (χ1) is 4.26. The van der Waals surface area contributed by atoms with Gasteiger partial charge in [0.05, 0.1) is 0 Å². The zero-order valence-corrected chi connectivity index (χ0v) is 6.28. The Kier molecular flexibility index (Phi) is 3.78. The van der Waals surface area contributed by atoms with Crippen molar-refractivity contribution in [2.45, 2.75) is 20.3 Å². The van der Waals surface area contributed by atoms with E-state index >= 15 is 0 Å². The second-order valence-electron chi connectivity index (χ2n) is 1.90. The van der Waals surface area contributed by atoms with E-state index < -0.39 is 0 Å². The van der Waals surface area contributed by atoms with Crippen LogP contribution in [0.2, 0.25) is 0 Å². The summed E-state index contributed by atoms with van der Waals surface area (Å²) in [7, 11) is 0. The molecule has 0 aromatic rings. The summed E-state index contributed by atoms with van der Waals surface area (Å²) in [5.74, 6) is 0. The molecule has 0 amide bonds. The molecule has 0 heterocycles. The van der Waals surface area contributed by atoms with Crippen LogP contribution in [0.15, 0.2) is 36.5 Å². The van der Waals surface area contributed by atoms with Crippen molar-refractivity contribution in [2.75, 3.05) is 0 Å². The fourth-order valence-electron chi connectivity index (χ4n) is 0.748. The second-order valence-corrected chi connectivity index (χ2v) is 1.90. The Morgan fingerprint density at radius 1 is 1.56 bits per heavy atom. The second kappa shape index (κ2) is 4.13. The Morgan fingerprint density at radius 2 is 2.11 bits per heavy atom. The first-order valence-corrected chi connectivity index (χ1v) is 3.23. The Balaban J connectivity index is 4.13. The predicted octanol–water partition coefficient (Wildman–Crippen LogP) is 3.08. The van der Waals surface area contributed by atoms with Crippen LogP contribution in [0, 0.1) is 0 Å². The lowest BCUT2D eigenvalue weighted by Gasteiger charge is -2.00. The molecule has 0 bridgehead atoms. The van der Waals surface area contributed by atoms with Gasteiger partial charge in [0.2, 0.25) is 0 Å². The molecule has 0 radical (unpaired) electrons. The maximum atomic E-state index is 3.83. The van der Waals surface area contributed by atoms with Crippen LogP contribution in [0.5, 0.6) is 0 Å². The highest BCUT2D eigenvalue weighted by molar-refractivity contribution is 5.35. The van der Waals surface area contributed by atoms with Crippen molar-refractivity contribution < 1.29 is 0 Å². The molecule has 0 atom stereocenters. The lowest BCUT2D eigenvalue weighted by Crippen LogP contribution is -1.80. The van der Waals surface area contributed by atoms with E-state index in [9.17, 15) is 0 Å².